The van der Waals surface area contributed by atoms with Gasteiger partial charge in [0.1, 0.15) is 0 Å². The minimum absolute atomic E-state index is 0.0340. The van der Waals surface area contributed by atoms with Crippen molar-refractivity contribution in [2.24, 2.45) is 0 Å². The summed E-state index contributed by atoms with van der Waals surface area (Å²) in [6.07, 6.45) is 0.0680. The van der Waals surface area contributed by atoms with Gasteiger partial charge in [-0.05, 0) is 11.6 Å². The number of hydrogen-bond acceptors (Lipinski definition) is 6. The van der Waals surface area contributed by atoms with Gasteiger partial charge in [0.25, 0.3) is 5.69 Å². The molecule has 21 heavy (non-hydrogen) atoms. The van der Waals surface area contributed by atoms with Crippen LogP contribution < -0.4 is 5.32 Å². The number of nitro benzene ring substituents is 1. The lowest BCUT2D eigenvalue weighted by atomic mass is 10.1. The summed E-state index contributed by atoms with van der Waals surface area (Å²) in [6.45, 7) is 2.12. The van der Waals surface area contributed by atoms with Gasteiger partial charge in [-0.3, -0.25) is 15.0 Å². The summed E-state index contributed by atoms with van der Waals surface area (Å²) in [5, 5.41) is 14.0. The van der Waals surface area contributed by atoms with Gasteiger partial charge in [-0.1, -0.05) is 0 Å². The van der Waals surface area contributed by atoms with Gasteiger partial charge in [0.2, 0.25) is 0 Å². The maximum atomic E-state index is 10.9. The number of nitrogens with one attached hydrogen (secondary N) is 1. The van der Waals surface area contributed by atoms with Crippen molar-refractivity contribution < 1.29 is 14.4 Å². The van der Waals surface area contributed by atoms with E-state index in [1.54, 1.807) is 26.4 Å². The van der Waals surface area contributed by atoms with Crippen molar-refractivity contribution in [2.45, 2.75) is 18.8 Å². The lowest BCUT2D eigenvalue weighted by Gasteiger charge is -2.17. The molecule has 7 heteroatoms. The van der Waals surface area contributed by atoms with Crippen LogP contribution in [0.4, 0.5) is 11.4 Å². The third-order valence-electron chi connectivity index (χ3n) is 3.86. The topological polar surface area (TPSA) is 76.9 Å². The molecular weight excluding hydrogens is 274 g/mol. The normalized spacial score (nSPS) is 22.4. The van der Waals surface area contributed by atoms with Gasteiger partial charge >= 0.3 is 0 Å². The first-order valence-electron chi connectivity index (χ1n) is 6.82. The Hall–Kier alpha value is -1.70. The molecule has 0 saturated carbocycles. The van der Waals surface area contributed by atoms with Gasteiger partial charge in [-0.25, -0.2) is 0 Å². The predicted octanol–water partition coefficient (Wildman–Crippen LogP) is 1.48. The second kappa shape index (κ2) is 6.84. The number of benzene rings is 1. The number of methoxy groups -OCH3 is 2. The van der Waals surface area contributed by atoms with Crippen LogP contribution in [0, 0.1) is 10.1 Å². The molecule has 0 spiro atoms. The number of ether oxygens (including phenoxy) is 2. The fourth-order valence-electron chi connectivity index (χ4n) is 2.71. The molecule has 1 aromatic carbocycles. The molecule has 0 aromatic heterocycles. The smallest absolute Gasteiger partial charge is 0.269 e. The molecular formula is C14H21N3O4. The zero-order valence-corrected chi connectivity index (χ0v) is 12.5. The third kappa shape index (κ3) is 3.49. The van der Waals surface area contributed by atoms with E-state index in [0.29, 0.717) is 6.54 Å². The van der Waals surface area contributed by atoms with E-state index in [1.807, 2.05) is 7.05 Å². The predicted molar refractivity (Wildman–Crippen MR) is 79.5 cm³/mol. The Balaban J connectivity index is 2.15. The quantitative estimate of drug-likeness (QED) is 0.633. The zero-order chi connectivity index (χ0) is 15.4. The fourth-order valence-corrected chi connectivity index (χ4v) is 2.71. The van der Waals surface area contributed by atoms with Crippen molar-refractivity contribution in [2.75, 3.05) is 39.7 Å². The second-order valence-electron chi connectivity index (χ2n) is 5.09. The minimum Gasteiger partial charge on any atom is -0.388 e. The lowest BCUT2D eigenvalue weighted by molar-refractivity contribution is -0.384. The highest BCUT2D eigenvalue weighted by atomic mass is 16.6. The molecule has 1 heterocycles. The Labute approximate surface area is 124 Å². The average Bonchev–Trinajstić information content (AvgIpc) is 2.89. The molecule has 1 aromatic rings. The molecule has 7 nitrogen and oxygen atoms in total. The van der Waals surface area contributed by atoms with Crippen LogP contribution in [0.15, 0.2) is 18.2 Å². The van der Waals surface area contributed by atoms with Crippen molar-refractivity contribution in [3.05, 3.63) is 33.9 Å². The van der Waals surface area contributed by atoms with E-state index in [1.165, 1.54) is 6.07 Å². The molecule has 2 atom stereocenters. The van der Waals surface area contributed by atoms with Gasteiger partial charge in [-0.15, -0.1) is 0 Å². The Bertz CT molecular complexity index is 497. The highest BCUT2D eigenvalue weighted by molar-refractivity contribution is 5.55. The summed E-state index contributed by atoms with van der Waals surface area (Å²) in [5.41, 5.74) is 1.91. The number of nitro groups is 1. The number of rotatable bonds is 6. The van der Waals surface area contributed by atoms with Crippen LogP contribution in [0.5, 0.6) is 0 Å². The Kier molecular flexibility index (Phi) is 5.11. The number of hydrogen-bond donors (Lipinski definition) is 1. The molecule has 0 bridgehead atoms. The monoisotopic (exact) mass is 295 g/mol. The SMILES string of the molecule is CNc1ccc([N+](=O)[O-])cc1CN1CC(OC)C(OC)C1. The summed E-state index contributed by atoms with van der Waals surface area (Å²) in [5.74, 6) is 0. The van der Waals surface area contributed by atoms with Gasteiger partial charge < -0.3 is 14.8 Å². The maximum Gasteiger partial charge on any atom is 0.269 e. The molecule has 1 fully saturated rings. The van der Waals surface area contributed by atoms with Gasteiger partial charge in [0, 0.05) is 58.7 Å². The maximum absolute atomic E-state index is 10.9. The van der Waals surface area contributed by atoms with Crippen molar-refractivity contribution in [1.29, 1.82) is 0 Å². The first kappa shape index (κ1) is 15.7. The molecule has 0 radical (unpaired) electrons. The largest absolute Gasteiger partial charge is 0.388 e. The summed E-state index contributed by atoms with van der Waals surface area (Å²) < 4.78 is 10.8. The average molecular weight is 295 g/mol. The van der Waals surface area contributed by atoms with Crippen molar-refractivity contribution in [3.8, 4) is 0 Å². The van der Waals surface area contributed by atoms with E-state index in [2.05, 4.69) is 10.2 Å². The van der Waals surface area contributed by atoms with Crippen molar-refractivity contribution in [1.82, 2.24) is 4.90 Å². The summed E-state index contributed by atoms with van der Waals surface area (Å²) in [4.78, 5) is 12.7. The Morgan fingerprint density at radius 1 is 1.33 bits per heavy atom. The zero-order valence-electron chi connectivity index (χ0n) is 12.5. The van der Waals surface area contributed by atoms with E-state index in [0.717, 1.165) is 24.3 Å². The summed E-state index contributed by atoms with van der Waals surface area (Å²) in [6, 6.07) is 4.87. The molecule has 2 rings (SSSR count). The van der Waals surface area contributed by atoms with Crippen LogP contribution in [0.25, 0.3) is 0 Å². The highest BCUT2D eigenvalue weighted by Gasteiger charge is 2.33. The fraction of sp³-hybridized carbons (Fsp3) is 0.571. The van der Waals surface area contributed by atoms with Crippen LogP contribution in [-0.4, -0.2) is 56.4 Å². The first-order valence-corrected chi connectivity index (χ1v) is 6.82. The van der Waals surface area contributed by atoms with Gasteiger partial charge in [0.15, 0.2) is 0 Å². The van der Waals surface area contributed by atoms with Crippen molar-refractivity contribution in [3.63, 3.8) is 0 Å². The summed E-state index contributed by atoms with van der Waals surface area (Å²) >= 11 is 0. The molecule has 1 aliphatic rings. The minimum atomic E-state index is -0.372. The molecule has 1 N–H and O–H groups in total. The van der Waals surface area contributed by atoms with E-state index in [4.69, 9.17) is 9.47 Å². The van der Waals surface area contributed by atoms with Crippen LogP contribution in [0.2, 0.25) is 0 Å². The molecule has 1 aliphatic heterocycles. The second-order valence-corrected chi connectivity index (χ2v) is 5.09. The summed E-state index contributed by atoms with van der Waals surface area (Å²) in [7, 11) is 5.16. The first-order chi connectivity index (χ1) is 10.1. The molecule has 0 amide bonds. The number of likely N-dealkylation sites (tertiary alicyclic amines) is 1. The van der Waals surface area contributed by atoms with Gasteiger partial charge in [-0.2, -0.15) is 0 Å². The van der Waals surface area contributed by atoms with E-state index >= 15 is 0 Å². The lowest BCUT2D eigenvalue weighted by Crippen LogP contribution is -2.27. The van der Waals surface area contributed by atoms with E-state index in [9.17, 15) is 10.1 Å². The number of non-ortho nitro benzene ring substituents is 1. The van der Waals surface area contributed by atoms with E-state index < -0.39 is 0 Å². The van der Waals surface area contributed by atoms with Crippen molar-refractivity contribution >= 4 is 11.4 Å². The molecule has 116 valence electrons. The number of nitrogens with zero attached hydrogens (tertiary/aromatic N) is 2. The molecule has 1 saturated heterocycles. The van der Waals surface area contributed by atoms with Gasteiger partial charge in [0.05, 0.1) is 17.1 Å². The molecule has 0 aliphatic carbocycles. The van der Waals surface area contributed by atoms with Crippen LogP contribution in [0.1, 0.15) is 5.56 Å². The van der Waals surface area contributed by atoms with Crippen LogP contribution in [-0.2, 0) is 16.0 Å². The number of anilines is 1. The highest BCUT2D eigenvalue weighted by Crippen LogP contribution is 2.25. The Morgan fingerprint density at radius 2 is 1.95 bits per heavy atom. The van der Waals surface area contributed by atoms with Crippen LogP contribution >= 0.6 is 0 Å². The standard InChI is InChI=1S/C14H21N3O4/c1-15-12-5-4-11(17(18)19)6-10(12)7-16-8-13(20-2)14(9-16)21-3/h4-6,13-15H,7-9H2,1-3H3. The third-order valence-corrected chi connectivity index (χ3v) is 3.86. The molecule has 2 unspecified atom stereocenters. The Morgan fingerprint density at radius 3 is 2.43 bits per heavy atom. The van der Waals surface area contributed by atoms with E-state index in [-0.39, 0.29) is 22.8 Å². The van der Waals surface area contributed by atoms with Crippen LogP contribution in [0.3, 0.4) is 0 Å².